The summed E-state index contributed by atoms with van der Waals surface area (Å²) in [6, 6.07) is 0.264. The number of aliphatic hydroxyl groups excluding tert-OH is 1. The van der Waals surface area contributed by atoms with Crippen molar-refractivity contribution in [3.05, 3.63) is 0 Å². The highest BCUT2D eigenvalue weighted by molar-refractivity contribution is 7.99. The summed E-state index contributed by atoms with van der Waals surface area (Å²) in [5.74, 6) is 0.864. The highest BCUT2D eigenvalue weighted by atomic mass is 32.2. The number of esters is 1. The first-order chi connectivity index (χ1) is 9.54. The van der Waals surface area contributed by atoms with Gasteiger partial charge in [-0.3, -0.25) is 10.1 Å². The van der Waals surface area contributed by atoms with Gasteiger partial charge in [0.1, 0.15) is 5.54 Å². The molecule has 4 nitrogen and oxygen atoms in total. The fourth-order valence-corrected chi connectivity index (χ4v) is 4.24. The molecule has 0 aliphatic heterocycles. The number of nitrogens with one attached hydrogen (secondary N) is 1. The van der Waals surface area contributed by atoms with E-state index in [9.17, 15) is 4.79 Å². The summed E-state index contributed by atoms with van der Waals surface area (Å²) in [4.78, 5) is 12.4. The van der Waals surface area contributed by atoms with E-state index in [2.05, 4.69) is 19.2 Å². The van der Waals surface area contributed by atoms with Crippen molar-refractivity contribution in [1.29, 1.82) is 0 Å². The van der Waals surface area contributed by atoms with Crippen LogP contribution in [0.2, 0.25) is 0 Å². The molecule has 1 fully saturated rings. The molecule has 5 heteroatoms. The minimum absolute atomic E-state index is 0.0961. The second-order valence-electron chi connectivity index (χ2n) is 5.77. The zero-order valence-corrected chi connectivity index (χ0v) is 13.8. The maximum absolute atomic E-state index is 12.4. The average molecular weight is 303 g/mol. The Balaban J connectivity index is 2.68. The van der Waals surface area contributed by atoms with Crippen molar-refractivity contribution in [2.24, 2.45) is 0 Å². The van der Waals surface area contributed by atoms with Gasteiger partial charge in [-0.25, -0.2) is 0 Å². The molecule has 118 valence electrons. The molecule has 0 heterocycles. The lowest BCUT2D eigenvalue weighted by Crippen LogP contribution is -2.58. The molecule has 2 N–H and O–H groups in total. The maximum Gasteiger partial charge on any atom is 0.326 e. The van der Waals surface area contributed by atoms with Gasteiger partial charge in [-0.1, -0.05) is 0 Å². The van der Waals surface area contributed by atoms with Crippen molar-refractivity contribution in [2.75, 3.05) is 19.0 Å². The van der Waals surface area contributed by atoms with Crippen LogP contribution in [0.5, 0.6) is 0 Å². The van der Waals surface area contributed by atoms with Gasteiger partial charge in [-0.15, -0.1) is 0 Å². The number of aliphatic hydroxyl groups is 1. The molecule has 2 atom stereocenters. The summed E-state index contributed by atoms with van der Waals surface area (Å²) in [5, 5.41) is 12.8. The van der Waals surface area contributed by atoms with Crippen molar-refractivity contribution in [3.8, 4) is 0 Å². The first kappa shape index (κ1) is 17.8. The first-order valence-corrected chi connectivity index (χ1v) is 8.76. The summed E-state index contributed by atoms with van der Waals surface area (Å²) in [6.07, 6.45) is 4.72. The molecular formula is C15H29NO3S. The Hall–Kier alpha value is -0.260. The van der Waals surface area contributed by atoms with Crippen LogP contribution in [0.3, 0.4) is 0 Å². The largest absolute Gasteiger partial charge is 0.465 e. The minimum atomic E-state index is -0.515. The smallest absolute Gasteiger partial charge is 0.326 e. The Morgan fingerprint density at radius 3 is 2.90 bits per heavy atom. The number of hydrogen-bond donors (Lipinski definition) is 2. The molecule has 0 amide bonds. The number of carbonyl (C=O) groups excluding carboxylic acids is 1. The topological polar surface area (TPSA) is 58.6 Å². The van der Waals surface area contributed by atoms with Crippen molar-refractivity contribution in [2.45, 2.75) is 69.7 Å². The Morgan fingerprint density at radius 2 is 2.30 bits per heavy atom. The molecule has 0 aromatic heterocycles. The fraction of sp³-hybridized carbons (Fsp3) is 0.933. The van der Waals surface area contributed by atoms with E-state index in [1.807, 2.05) is 18.7 Å². The van der Waals surface area contributed by atoms with Gasteiger partial charge in [-0.05, 0) is 58.6 Å². The number of ether oxygens (including phenoxy) is 1. The van der Waals surface area contributed by atoms with Crippen LogP contribution in [0.25, 0.3) is 0 Å². The molecule has 1 saturated carbocycles. The zero-order chi connectivity index (χ0) is 15.0. The molecule has 1 rings (SSSR count). The lowest BCUT2D eigenvalue weighted by Gasteiger charge is -2.40. The molecule has 0 spiro atoms. The van der Waals surface area contributed by atoms with Crippen LogP contribution >= 0.6 is 11.8 Å². The highest BCUT2D eigenvalue weighted by Gasteiger charge is 2.44. The standard InChI is InChI=1S/C15H29NO3S/c1-4-19-14(18)15(16-12(2)3)8-5-7-13(11-15)20-10-6-9-17/h12-13,16-17H,4-11H2,1-3H3. The average Bonchev–Trinajstić information content (AvgIpc) is 2.39. The Bertz CT molecular complexity index is 299. The van der Waals surface area contributed by atoms with Crippen LogP contribution in [0.1, 0.15) is 52.9 Å². The Kier molecular flexibility index (Phi) is 7.92. The zero-order valence-electron chi connectivity index (χ0n) is 13.0. The Labute approximate surface area is 127 Å². The van der Waals surface area contributed by atoms with E-state index < -0.39 is 5.54 Å². The minimum Gasteiger partial charge on any atom is -0.465 e. The van der Waals surface area contributed by atoms with E-state index >= 15 is 0 Å². The quantitative estimate of drug-likeness (QED) is 0.532. The summed E-state index contributed by atoms with van der Waals surface area (Å²) in [7, 11) is 0. The van der Waals surface area contributed by atoms with Gasteiger partial charge in [0.15, 0.2) is 0 Å². The van der Waals surface area contributed by atoms with Crippen molar-refractivity contribution < 1.29 is 14.6 Å². The molecule has 0 saturated heterocycles. The molecule has 1 aliphatic carbocycles. The molecule has 0 radical (unpaired) electrons. The predicted molar refractivity (Wildman–Crippen MR) is 84.1 cm³/mol. The van der Waals surface area contributed by atoms with E-state index in [0.29, 0.717) is 11.9 Å². The van der Waals surface area contributed by atoms with Gasteiger partial charge in [0.2, 0.25) is 0 Å². The van der Waals surface area contributed by atoms with Gasteiger partial charge < -0.3 is 9.84 Å². The van der Waals surface area contributed by atoms with Crippen LogP contribution in [0.4, 0.5) is 0 Å². The SMILES string of the molecule is CCOC(=O)C1(NC(C)C)CCCC(SCCCO)C1. The third-order valence-electron chi connectivity index (χ3n) is 3.59. The third-order valence-corrected chi connectivity index (χ3v) is 4.99. The summed E-state index contributed by atoms with van der Waals surface area (Å²) in [5.41, 5.74) is -0.515. The second-order valence-corrected chi connectivity index (χ2v) is 7.18. The van der Waals surface area contributed by atoms with Crippen molar-refractivity contribution in [3.63, 3.8) is 0 Å². The Morgan fingerprint density at radius 1 is 1.55 bits per heavy atom. The number of carbonyl (C=O) groups is 1. The number of thioether (sulfide) groups is 1. The molecule has 1 aliphatic rings. The van der Waals surface area contributed by atoms with E-state index in [-0.39, 0.29) is 18.6 Å². The fourth-order valence-electron chi connectivity index (χ4n) is 2.88. The van der Waals surface area contributed by atoms with E-state index in [4.69, 9.17) is 9.84 Å². The lowest BCUT2D eigenvalue weighted by atomic mass is 9.80. The molecule has 0 aromatic carbocycles. The van der Waals surface area contributed by atoms with E-state index in [0.717, 1.165) is 37.9 Å². The molecule has 0 bridgehead atoms. The first-order valence-electron chi connectivity index (χ1n) is 7.71. The van der Waals surface area contributed by atoms with Gasteiger partial charge >= 0.3 is 5.97 Å². The number of rotatable bonds is 8. The van der Waals surface area contributed by atoms with Crippen LogP contribution < -0.4 is 5.32 Å². The van der Waals surface area contributed by atoms with Gasteiger partial charge in [0.05, 0.1) is 6.61 Å². The summed E-state index contributed by atoms with van der Waals surface area (Å²) < 4.78 is 5.31. The van der Waals surface area contributed by atoms with Crippen molar-refractivity contribution in [1.82, 2.24) is 5.32 Å². The normalized spacial score (nSPS) is 26.8. The number of hydrogen-bond acceptors (Lipinski definition) is 5. The maximum atomic E-state index is 12.4. The highest BCUT2D eigenvalue weighted by Crippen LogP contribution is 2.36. The molecule has 2 unspecified atom stereocenters. The monoisotopic (exact) mass is 303 g/mol. The predicted octanol–water partition coefficient (Wildman–Crippen LogP) is 2.34. The molecular weight excluding hydrogens is 274 g/mol. The van der Waals surface area contributed by atoms with Crippen molar-refractivity contribution >= 4 is 17.7 Å². The van der Waals surface area contributed by atoms with Gasteiger partial charge in [0.25, 0.3) is 0 Å². The van der Waals surface area contributed by atoms with E-state index in [1.54, 1.807) is 0 Å². The van der Waals surface area contributed by atoms with Gasteiger partial charge in [0, 0.05) is 17.9 Å². The lowest BCUT2D eigenvalue weighted by molar-refractivity contribution is -0.153. The summed E-state index contributed by atoms with van der Waals surface area (Å²) >= 11 is 1.88. The third kappa shape index (κ3) is 5.26. The van der Waals surface area contributed by atoms with Crippen LogP contribution in [-0.2, 0) is 9.53 Å². The second kappa shape index (κ2) is 8.90. The molecule has 20 heavy (non-hydrogen) atoms. The van der Waals surface area contributed by atoms with Crippen LogP contribution in [0, 0.1) is 0 Å². The summed E-state index contributed by atoms with van der Waals surface area (Å²) in [6.45, 7) is 6.68. The van der Waals surface area contributed by atoms with E-state index in [1.165, 1.54) is 0 Å². The van der Waals surface area contributed by atoms with Crippen LogP contribution in [-0.4, -0.2) is 46.9 Å². The van der Waals surface area contributed by atoms with Crippen LogP contribution in [0.15, 0.2) is 0 Å². The van der Waals surface area contributed by atoms with Gasteiger partial charge in [-0.2, -0.15) is 11.8 Å². The molecule has 0 aromatic rings.